The van der Waals surface area contributed by atoms with Gasteiger partial charge >= 0.3 is 0 Å². The fourth-order valence-corrected chi connectivity index (χ4v) is 25.1. The third-order valence-corrected chi connectivity index (χ3v) is 20.9. The fraction of sp³-hybridized carbons (Fsp3) is 0.909. The van der Waals surface area contributed by atoms with E-state index < -0.39 is 34.2 Å². The summed E-state index contributed by atoms with van der Waals surface area (Å²) in [5.41, 5.74) is 3.02. The number of hydrogen-bond acceptors (Lipinski definition) is 1. The van der Waals surface area contributed by atoms with E-state index in [2.05, 4.69) is 52.4 Å². The summed E-state index contributed by atoms with van der Waals surface area (Å²) in [6.07, 6.45) is 0. The van der Waals surface area contributed by atoms with Gasteiger partial charge in [0.15, 0.2) is 8.32 Å². The maximum Gasteiger partial charge on any atom is 0.168 e. The van der Waals surface area contributed by atoms with Crippen LogP contribution in [0, 0.1) is 6.55 Å². The van der Waals surface area contributed by atoms with Crippen molar-refractivity contribution < 1.29 is 36.8 Å². The van der Waals surface area contributed by atoms with E-state index >= 15 is 0 Å². The molecule has 0 N–H and O–H groups in total. The second kappa shape index (κ2) is 9.78. The van der Waals surface area contributed by atoms with Gasteiger partial charge in [-0.1, -0.05) is 45.8 Å². The molecule has 2 atom stereocenters. The topological polar surface area (TPSA) is 9.23 Å². The first-order valence-corrected chi connectivity index (χ1v) is 18.1. The Kier molecular flexibility index (Phi) is 13.8. The van der Waals surface area contributed by atoms with Crippen molar-refractivity contribution in [1.29, 1.82) is 0 Å². The average Bonchev–Trinajstić information content (AvgIpc) is 1.73. The Hall–Kier alpha value is 1.93. The molecule has 0 aromatic heterocycles. The molecule has 103 valence electrons. The van der Waals surface area contributed by atoms with Crippen LogP contribution in [-0.2, 0) is 36.8 Å². The molecular formula is C11H33OSi4Y-. The Morgan fingerprint density at radius 1 is 1.00 bits per heavy atom. The van der Waals surface area contributed by atoms with E-state index in [-0.39, 0.29) is 40.1 Å². The van der Waals surface area contributed by atoms with Crippen molar-refractivity contribution in [2.75, 3.05) is 0 Å². The number of rotatable bonds is 6. The summed E-state index contributed by atoms with van der Waals surface area (Å²) in [6.45, 7) is 21.0. The summed E-state index contributed by atoms with van der Waals surface area (Å²) in [6, 6.07) is 0. The smallest absolute Gasteiger partial charge is 0.168 e. The van der Waals surface area contributed by atoms with Gasteiger partial charge in [-0.15, -0.1) is 0 Å². The van der Waals surface area contributed by atoms with Crippen LogP contribution in [0.1, 0.15) is 7.43 Å². The van der Waals surface area contributed by atoms with E-state index in [4.69, 9.17) is 4.12 Å². The summed E-state index contributed by atoms with van der Waals surface area (Å²) in [7, 11) is -3.76. The summed E-state index contributed by atoms with van der Waals surface area (Å²) >= 11 is 0. The Morgan fingerprint density at radius 3 is 1.71 bits per heavy atom. The monoisotopic (exact) mass is 382 g/mol. The Labute approximate surface area is 141 Å². The van der Waals surface area contributed by atoms with Crippen molar-refractivity contribution in [3.05, 3.63) is 6.55 Å². The third-order valence-electron chi connectivity index (χ3n) is 2.32. The molecule has 6 heteroatoms. The van der Waals surface area contributed by atoms with Gasteiger partial charge in [-0.2, -0.15) is 0 Å². The molecular weight excluding hydrogens is 349 g/mol. The van der Waals surface area contributed by atoms with Gasteiger partial charge in [-0.3, -0.25) is 0 Å². The minimum absolute atomic E-state index is 0. The molecule has 0 bridgehead atoms. The molecule has 1 nitrogen and oxygen atoms in total. The molecule has 2 unspecified atom stereocenters. The normalized spacial score (nSPS) is 15.5. The first kappa shape index (κ1) is 24.0. The molecule has 0 aromatic carbocycles. The van der Waals surface area contributed by atoms with E-state index in [9.17, 15) is 0 Å². The predicted octanol–water partition coefficient (Wildman–Crippen LogP) is 3.84. The molecule has 0 aliphatic rings. The molecule has 0 rings (SSSR count). The van der Waals surface area contributed by atoms with E-state index in [1.165, 1.54) is 5.67 Å². The Bertz CT molecular complexity index is 192. The summed E-state index contributed by atoms with van der Waals surface area (Å²) in [5, 5.41) is 0. The molecule has 1 radical (unpaired) electrons. The van der Waals surface area contributed by atoms with Crippen molar-refractivity contribution in [2.24, 2.45) is 0 Å². The fourth-order valence-electron chi connectivity index (χ4n) is 2.55. The van der Waals surface area contributed by atoms with E-state index in [1.54, 1.807) is 5.67 Å². The van der Waals surface area contributed by atoms with Crippen LogP contribution < -0.4 is 0 Å². The maximum atomic E-state index is 6.14. The third kappa shape index (κ3) is 15.9. The van der Waals surface area contributed by atoms with Crippen molar-refractivity contribution >= 4 is 34.2 Å². The van der Waals surface area contributed by atoms with Crippen LogP contribution in [0.2, 0.25) is 57.2 Å². The summed E-state index contributed by atoms with van der Waals surface area (Å²) < 4.78 is 6.14. The molecule has 0 aliphatic carbocycles. The maximum absolute atomic E-state index is 6.14. The second-order valence-electron chi connectivity index (χ2n) is 6.76. The van der Waals surface area contributed by atoms with E-state index in [1.807, 2.05) is 0 Å². The van der Waals surface area contributed by atoms with Crippen LogP contribution in [0.4, 0.5) is 0 Å². The van der Waals surface area contributed by atoms with Crippen LogP contribution in [0.15, 0.2) is 0 Å². The molecule has 0 saturated carbocycles. The van der Waals surface area contributed by atoms with Gasteiger partial charge in [0.1, 0.15) is 0 Å². The van der Waals surface area contributed by atoms with Crippen LogP contribution in [-0.4, -0.2) is 34.2 Å². The van der Waals surface area contributed by atoms with Crippen LogP contribution in [0.5, 0.6) is 0 Å². The van der Waals surface area contributed by atoms with Crippen molar-refractivity contribution in [2.45, 2.75) is 64.6 Å². The summed E-state index contributed by atoms with van der Waals surface area (Å²) in [4.78, 5) is 0. The van der Waals surface area contributed by atoms with Gasteiger partial charge in [0, 0.05) is 58.6 Å². The standard InChI is InChI=1S/C10H29OSi4.CH4.Y/c1-12(2)11-15(7,8)10-13(3)9-14(4,5)6;;/h12-13H,1,9-10H2,2-8H3;1H4;/q-1;;. The summed E-state index contributed by atoms with van der Waals surface area (Å²) in [5.74, 6) is 0. The Balaban J connectivity index is -0.000000980. The minimum Gasteiger partial charge on any atom is -0.487 e. The molecule has 0 fully saturated rings. The largest absolute Gasteiger partial charge is 0.487 e. The molecule has 17 heavy (non-hydrogen) atoms. The SMILES string of the molecule is C.[CH2-][SiH](C)O[Si](C)(C)C[SiH](C)C[Si](C)(C)C.[Y]. The molecule has 0 amide bonds. The van der Waals surface area contributed by atoms with Crippen LogP contribution in [0.25, 0.3) is 0 Å². The predicted molar refractivity (Wildman–Crippen MR) is 89.6 cm³/mol. The van der Waals surface area contributed by atoms with Crippen molar-refractivity contribution in [1.82, 2.24) is 0 Å². The molecule has 0 spiro atoms. The minimum atomic E-state index is -1.35. The Morgan fingerprint density at radius 2 is 1.41 bits per heavy atom. The van der Waals surface area contributed by atoms with Gasteiger partial charge in [0.2, 0.25) is 0 Å². The van der Waals surface area contributed by atoms with Gasteiger partial charge in [0.05, 0.1) is 0 Å². The van der Waals surface area contributed by atoms with E-state index in [0.29, 0.717) is 0 Å². The average molecular weight is 383 g/mol. The molecule has 0 heterocycles. The zero-order valence-corrected chi connectivity index (χ0v) is 19.4. The zero-order valence-electron chi connectivity index (χ0n) is 12.3. The van der Waals surface area contributed by atoms with Crippen molar-refractivity contribution in [3.8, 4) is 0 Å². The molecule has 0 aliphatic heterocycles. The van der Waals surface area contributed by atoms with Crippen molar-refractivity contribution in [3.63, 3.8) is 0 Å². The first-order valence-electron chi connectivity index (χ1n) is 6.03. The van der Waals surface area contributed by atoms with E-state index in [0.717, 1.165) is 0 Å². The van der Waals surface area contributed by atoms with Gasteiger partial charge < -0.3 is 10.7 Å². The molecule has 0 saturated heterocycles. The first-order chi connectivity index (χ1) is 6.52. The number of hydrogen-bond donors (Lipinski definition) is 0. The zero-order chi connectivity index (χ0) is 12.3. The second-order valence-corrected chi connectivity index (χ2v) is 23.4. The molecule has 0 aromatic rings. The quantitative estimate of drug-likeness (QED) is 0.501. The van der Waals surface area contributed by atoms with Gasteiger partial charge in [0.25, 0.3) is 0 Å². The van der Waals surface area contributed by atoms with Gasteiger partial charge in [-0.25, -0.2) is 0 Å². The van der Waals surface area contributed by atoms with Gasteiger partial charge in [-0.05, 0) is 18.8 Å². The van der Waals surface area contributed by atoms with Crippen LogP contribution in [0.3, 0.4) is 0 Å². The van der Waals surface area contributed by atoms with Crippen LogP contribution >= 0.6 is 0 Å².